The van der Waals surface area contributed by atoms with Crippen LogP contribution in [0.15, 0.2) is 59.5 Å². The lowest BCUT2D eigenvalue weighted by molar-refractivity contribution is -0.130. The average molecular weight is 500 g/mol. The summed E-state index contributed by atoms with van der Waals surface area (Å²) in [5.41, 5.74) is 0.665. The predicted molar refractivity (Wildman–Crippen MR) is 136 cm³/mol. The van der Waals surface area contributed by atoms with Gasteiger partial charge in [-0.3, -0.25) is 9.59 Å². The molecular formula is C26H33N3O5S. The van der Waals surface area contributed by atoms with Crippen LogP contribution >= 0.6 is 0 Å². The fraction of sp³-hybridized carbons (Fsp3) is 0.385. The van der Waals surface area contributed by atoms with Crippen LogP contribution in [0.3, 0.4) is 0 Å². The lowest BCUT2D eigenvalue weighted by Crippen LogP contribution is -2.40. The summed E-state index contributed by atoms with van der Waals surface area (Å²) in [6, 6.07) is 14.1. The first-order chi connectivity index (χ1) is 16.5. The minimum Gasteiger partial charge on any atom is -0.495 e. The first-order valence-electron chi connectivity index (χ1n) is 11.5. The summed E-state index contributed by atoms with van der Waals surface area (Å²) in [6.45, 7) is 6.23. The third-order valence-corrected chi connectivity index (χ3v) is 7.33. The van der Waals surface area contributed by atoms with E-state index in [1.807, 2.05) is 30.3 Å². The highest BCUT2D eigenvalue weighted by Crippen LogP contribution is 2.27. The fourth-order valence-electron chi connectivity index (χ4n) is 3.87. The molecule has 1 heterocycles. The van der Waals surface area contributed by atoms with Gasteiger partial charge in [0.2, 0.25) is 21.8 Å². The third-order valence-electron chi connectivity index (χ3n) is 5.55. The molecule has 8 nitrogen and oxygen atoms in total. The Morgan fingerprint density at radius 3 is 2.31 bits per heavy atom. The first-order valence-corrected chi connectivity index (χ1v) is 13.0. The summed E-state index contributed by atoms with van der Waals surface area (Å²) >= 11 is 0. The number of methoxy groups -OCH3 is 1. The molecule has 0 bridgehead atoms. The number of anilines is 1. The summed E-state index contributed by atoms with van der Waals surface area (Å²) in [6.07, 6.45) is 4.19. The Bertz CT molecular complexity index is 1180. The van der Waals surface area contributed by atoms with Crippen molar-refractivity contribution in [2.45, 2.75) is 44.0 Å². The fourth-order valence-corrected chi connectivity index (χ4v) is 5.49. The standard InChI is InChI=1S/C26H33N3O5S/c1-26(2,3)28-35(32,33)23-18-19(10-12-22(23)34-4)11-13-24(30)29-16-14-20(15-17-29)25(31)27-21-8-6-5-7-9-21/h5-13,18,20,28H,14-17H2,1-4H3,(H,27,31)/b13-11+. The molecule has 1 fully saturated rings. The maximum absolute atomic E-state index is 12.8. The number of carbonyl (C=O) groups is 2. The van der Waals surface area contributed by atoms with Gasteiger partial charge < -0.3 is 15.0 Å². The van der Waals surface area contributed by atoms with Crippen molar-refractivity contribution in [2.75, 3.05) is 25.5 Å². The molecule has 0 radical (unpaired) electrons. The molecule has 1 aliphatic heterocycles. The van der Waals surface area contributed by atoms with E-state index in [-0.39, 0.29) is 28.4 Å². The summed E-state index contributed by atoms with van der Waals surface area (Å²) in [5.74, 6) is -0.136. The normalized spacial score (nSPS) is 15.3. The van der Waals surface area contributed by atoms with Gasteiger partial charge in [-0.25, -0.2) is 13.1 Å². The smallest absolute Gasteiger partial charge is 0.246 e. The van der Waals surface area contributed by atoms with Gasteiger partial charge in [0.05, 0.1) is 7.11 Å². The molecule has 1 saturated heterocycles. The van der Waals surface area contributed by atoms with Gasteiger partial charge in [-0.15, -0.1) is 0 Å². The second-order valence-electron chi connectivity index (χ2n) is 9.55. The number of hydrogen-bond acceptors (Lipinski definition) is 5. The summed E-state index contributed by atoms with van der Waals surface area (Å²) < 4.78 is 33.5. The highest BCUT2D eigenvalue weighted by molar-refractivity contribution is 7.89. The van der Waals surface area contributed by atoms with Crippen LogP contribution in [0.4, 0.5) is 5.69 Å². The van der Waals surface area contributed by atoms with E-state index in [2.05, 4.69) is 10.0 Å². The number of sulfonamides is 1. The van der Waals surface area contributed by atoms with Gasteiger partial charge in [0.1, 0.15) is 10.6 Å². The summed E-state index contributed by atoms with van der Waals surface area (Å²) in [7, 11) is -2.41. The van der Waals surface area contributed by atoms with Crippen molar-refractivity contribution in [1.29, 1.82) is 0 Å². The van der Waals surface area contributed by atoms with E-state index < -0.39 is 15.6 Å². The zero-order chi connectivity index (χ0) is 25.6. The van der Waals surface area contributed by atoms with Crippen molar-refractivity contribution in [3.8, 4) is 5.75 Å². The molecule has 0 unspecified atom stereocenters. The molecule has 0 spiro atoms. The van der Waals surface area contributed by atoms with Crippen LogP contribution in [-0.4, -0.2) is 50.9 Å². The Labute approximate surface area is 207 Å². The molecule has 0 aromatic heterocycles. The first kappa shape index (κ1) is 26.4. The number of nitrogens with zero attached hydrogens (tertiary/aromatic N) is 1. The monoisotopic (exact) mass is 499 g/mol. The van der Waals surface area contributed by atoms with Gasteiger partial charge in [-0.2, -0.15) is 0 Å². The quantitative estimate of drug-likeness (QED) is 0.566. The van der Waals surface area contributed by atoms with Gasteiger partial charge >= 0.3 is 0 Å². The number of para-hydroxylation sites is 1. The second kappa shape index (κ2) is 11.0. The van der Waals surface area contributed by atoms with E-state index in [9.17, 15) is 18.0 Å². The van der Waals surface area contributed by atoms with Crippen LogP contribution in [0.2, 0.25) is 0 Å². The van der Waals surface area contributed by atoms with Crippen LogP contribution in [0.25, 0.3) is 6.08 Å². The minimum atomic E-state index is -3.82. The molecule has 9 heteroatoms. The lowest BCUT2D eigenvalue weighted by atomic mass is 9.95. The van der Waals surface area contributed by atoms with Gasteiger partial charge in [0.25, 0.3) is 0 Å². The van der Waals surface area contributed by atoms with Crippen LogP contribution in [0.1, 0.15) is 39.2 Å². The molecule has 35 heavy (non-hydrogen) atoms. The van der Waals surface area contributed by atoms with Crippen molar-refractivity contribution in [3.63, 3.8) is 0 Å². The zero-order valence-corrected chi connectivity index (χ0v) is 21.4. The molecule has 1 aliphatic rings. The molecule has 0 atom stereocenters. The highest BCUT2D eigenvalue weighted by atomic mass is 32.2. The number of benzene rings is 2. The largest absolute Gasteiger partial charge is 0.495 e. The Morgan fingerprint density at radius 1 is 1.06 bits per heavy atom. The molecule has 2 aromatic carbocycles. The summed E-state index contributed by atoms with van der Waals surface area (Å²) in [5, 5.41) is 2.92. The van der Waals surface area contributed by atoms with E-state index in [0.29, 0.717) is 31.5 Å². The van der Waals surface area contributed by atoms with Gasteiger partial charge in [-0.05, 0) is 69.5 Å². The van der Waals surface area contributed by atoms with Crippen molar-refractivity contribution in [3.05, 3.63) is 60.2 Å². The molecule has 3 rings (SSSR count). The SMILES string of the molecule is COc1ccc(/C=C/C(=O)N2CCC(C(=O)Nc3ccccc3)CC2)cc1S(=O)(=O)NC(C)(C)C. The van der Waals surface area contributed by atoms with Gasteiger partial charge in [-0.1, -0.05) is 24.3 Å². The number of nitrogens with one attached hydrogen (secondary N) is 2. The van der Waals surface area contributed by atoms with E-state index in [1.165, 1.54) is 19.3 Å². The minimum absolute atomic E-state index is 0.00904. The topological polar surface area (TPSA) is 105 Å². The van der Waals surface area contributed by atoms with E-state index in [0.717, 1.165) is 5.69 Å². The molecule has 2 amide bonds. The van der Waals surface area contributed by atoms with Gasteiger partial charge in [0.15, 0.2) is 0 Å². The van der Waals surface area contributed by atoms with E-state index in [4.69, 9.17) is 4.74 Å². The Kier molecular flexibility index (Phi) is 8.34. The molecule has 188 valence electrons. The zero-order valence-electron chi connectivity index (χ0n) is 20.6. The number of carbonyl (C=O) groups excluding carboxylic acids is 2. The number of rotatable bonds is 7. The summed E-state index contributed by atoms with van der Waals surface area (Å²) in [4.78, 5) is 26.9. The number of piperidine rings is 1. The number of ether oxygens (including phenoxy) is 1. The van der Waals surface area contributed by atoms with Crippen LogP contribution in [0, 0.1) is 5.92 Å². The average Bonchev–Trinajstić information content (AvgIpc) is 2.81. The maximum atomic E-state index is 12.8. The van der Waals surface area contributed by atoms with Gasteiger partial charge in [0, 0.05) is 36.3 Å². The third kappa shape index (κ3) is 7.40. The van der Waals surface area contributed by atoms with Crippen LogP contribution in [0.5, 0.6) is 5.75 Å². The number of likely N-dealkylation sites (tertiary alicyclic amines) is 1. The molecule has 2 aromatic rings. The van der Waals surface area contributed by atoms with Crippen molar-refractivity contribution in [2.24, 2.45) is 5.92 Å². The van der Waals surface area contributed by atoms with Crippen molar-refractivity contribution >= 4 is 33.6 Å². The predicted octanol–water partition coefficient (Wildman–Crippen LogP) is 3.66. The van der Waals surface area contributed by atoms with Crippen molar-refractivity contribution < 1.29 is 22.7 Å². The Balaban J connectivity index is 1.62. The van der Waals surface area contributed by atoms with Crippen LogP contribution < -0.4 is 14.8 Å². The Hall–Kier alpha value is -3.17. The van der Waals surface area contributed by atoms with Crippen LogP contribution in [-0.2, 0) is 19.6 Å². The number of hydrogen-bond donors (Lipinski definition) is 2. The molecule has 0 aliphatic carbocycles. The maximum Gasteiger partial charge on any atom is 0.246 e. The number of amides is 2. The van der Waals surface area contributed by atoms with E-state index >= 15 is 0 Å². The lowest BCUT2D eigenvalue weighted by Gasteiger charge is -2.30. The molecule has 2 N–H and O–H groups in total. The highest BCUT2D eigenvalue weighted by Gasteiger charge is 2.27. The molecule has 0 saturated carbocycles. The molecular weight excluding hydrogens is 466 g/mol. The Morgan fingerprint density at radius 2 is 1.71 bits per heavy atom. The second-order valence-corrected chi connectivity index (χ2v) is 11.2. The van der Waals surface area contributed by atoms with Crippen molar-refractivity contribution in [1.82, 2.24) is 9.62 Å². The van der Waals surface area contributed by atoms with E-state index in [1.54, 1.807) is 43.9 Å².